The number of ether oxygens (including phenoxy) is 1. The van der Waals surface area contributed by atoms with E-state index in [1.807, 2.05) is 12.1 Å². The SMILES string of the molecule is COc1cccc(CC(Cc2cncc(F)c2)C(=O)O)c1. The third kappa shape index (κ3) is 4.27. The quantitative estimate of drug-likeness (QED) is 0.888. The maximum atomic E-state index is 13.1. The molecule has 110 valence electrons. The standard InChI is InChI=1S/C16H16FNO3/c1-21-15-4-2-3-11(8-15)5-13(16(19)20)6-12-7-14(17)10-18-9-12/h2-4,7-10,13H,5-6H2,1H3,(H,19,20). The van der Waals surface area contributed by atoms with Gasteiger partial charge in [-0.25, -0.2) is 4.39 Å². The van der Waals surface area contributed by atoms with E-state index in [4.69, 9.17) is 4.74 Å². The summed E-state index contributed by atoms with van der Waals surface area (Å²) in [5.74, 6) is -1.33. The zero-order chi connectivity index (χ0) is 15.2. The monoisotopic (exact) mass is 289 g/mol. The zero-order valence-corrected chi connectivity index (χ0v) is 11.6. The van der Waals surface area contributed by atoms with E-state index in [9.17, 15) is 14.3 Å². The molecule has 1 heterocycles. The van der Waals surface area contributed by atoms with E-state index < -0.39 is 17.7 Å². The van der Waals surface area contributed by atoms with Gasteiger partial charge in [-0.05, 0) is 42.2 Å². The van der Waals surface area contributed by atoms with Crippen molar-refractivity contribution in [2.45, 2.75) is 12.8 Å². The molecule has 0 radical (unpaired) electrons. The second-order valence-corrected chi connectivity index (χ2v) is 4.81. The Hall–Kier alpha value is -2.43. The summed E-state index contributed by atoms with van der Waals surface area (Å²) in [4.78, 5) is 15.1. The van der Waals surface area contributed by atoms with Gasteiger partial charge in [0.15, 0.2) is 0 Å². The lowest BCUT2D eigenvalue weighted by Crippen LogP contribution is -2.19. The molecule has 0 aliphatic carbocycles. The van der Waals surface area contributed by atoms with Crippen molar-refractivity contribution in [2.75, 3.05) is 7.11 Å². The largest absolute Gasteiger partial charge is 0.497 e. The summed E-state index contributed by atoms with van der Waals surface area (Å²) < 4.78 is 18.2. The topological polar surface area (TPSA) is 59.4 Å². The maximum Gasteiger partial charge on any atom is 0.307 e. The molecule has 4 nitrogen and oxygen atoms in total. The molecule has 1 aromatic carbocycles. The Morgan fingerprint density at radius 3 is 2.71 bits per heavy atom. The second-order valence-electron chi connectivity index (χ2n) is 4.81. The van der Waals surface area contributed by atoms with Gasteiger partial charge in [0.1, 0.15) is 11.6 Å². The number of rotatable bonds is 6. The number of benzene rings is 1. The number of carbonyl (C=O) groups is 1. The molecule has 0 aliphatic heterocycles. The minimum Gasteiger partial charge on any atom is -0.497 e. The molecular weight excluding hydrogens is 273 g/mol. The molecule has 1 unspecified atom stereocenters. The van der Waals surface area contributed by atoms with Crippen molar-refractivity contribution in [2.24, 2.45) is 5.92 Å². The number of pyridine rings is 1. The van der Waals surface area contributed by atoms with Crippen LogP contribution in [0.3, 0.4) is 0 Å². The Labute approximate surface area is 122 Å². The van der Waals surface area contributed by atoms with Crippen LogP contribution in [-0.2, 0) is 17.6 Å². The van der Waals surface area contributed by atoms with Gasteiger partial charge in [-0.15, -0.1) is 0 Å². The van der Waals surface area contributed by atoms with E-state index in [0.717, 1.165) is 11.8 Å². The Bertz CT molecular complexity index is 630. The predicted octanol–water partition coefficient (Wildman–Crippen LogP) is 2.72. The fraction of sp³-hybridized carbons (Fsp3) is 0.250. The van der Waals surface area contributed by atoms with Gasteiger partial charge < -0.3 is 9.84 Å². The third-order valence-corrected chi connectivity index (χ3v) is 3.21. The molecule has 1 atom stereocenters. The summed E-state index contributed by atoms with van der Waals surface area (Å²) in [7, 11) is 1.56. The van der Waals surface area contributed by atoms with Crippen LogP contribution in [0.15, 0.2) is 42.7 Å². The average molecular weight is 289 g/mol. The number of hydrogen-bond donors (Lipinski definition) is 1. The van der Waals surface area contributed by atoms with Crippen LogP contribution in [-0.4, -0.2) is 23.2 Å². The van der Waals surface area contributed by atoms with Gasteiger partial charge in [-0.3, -0.25) is 9.78 Å². The van der Waals surface area contributed by atoms with Crippen LogP contribution in [0.4, 0.5) is 4.39 Å². The van der Waals surface area contributed by atoms with E-state index in [1.54, 1.807) is 19.2 Å². The molecule has 2 rings (SSSR count). The number of carboxylic acids is 1. The van der Waals surface area contributed by atoms with Gasteiger partial charge >= 0.3 is 5.97 Å². The smallest absolute Gasteiger partial charge is 0.307 e. The third-order valence-electron chi connectivity index (χ3n) is 3.21. The molecule has 0 amide bonds. The van der Waals surface area contributed by atoms with Crippen LogP contribution in [0.1, 0.15) is 11.1 Å². The Kier molecular flexibility index (Phi) is 4.87. The Balaban J connectivity index is 2.13. The molecule has 0 saturated heterocycles. The van der Waals surface area contributed by atoms with Crippen molar-refractivity contribution < 1.29 is 19.0 Å². The lowest BCUT2D eigenvalue weighted by Gasteiger charge is -2.13. The van der Waals surface area contributed by atoms with Crippen molar-refractivity contribution in [3.05, 3.63) is 59.7 Å². The highest BCUT2D eigenvalue weighted by Gasteiger charge is 2.19. The molecule has 1 aromatic heterocycles. The fourth-order valence-corrected chi connectivity index (χ4v) is 2.18. The van der Waals surface area contributed by atoms with Gasteiger partial charge in [0.05, 0.1) is 19.2 Å². The van der Waals surface area contributed by atoms with Gasteiger partial charge in [-0.1, -0.05) is 12.1 Å². The number of nitrogens with zero attached hydrogens (tertiary/aromatic N) is 1. The minimum absolute atomic E-state index is 0.233. The number of halogens is 1. The van der Waals surface area contributed by atoms with Gasteiger partial charge in [0.2, 0.25) is 0 Å². The first-order valence-corrected chi connectivity index (χ1v) is 6.53. The minimum atomic E-state index is -0.915. The van der Waals surface area contributed by atoms with Crippen LogP contribution in [0.2, 0.25) is 0 Å². The number of aliphatic carboxylic acids is 1. The van der Waals surface area contributed by atoms with E-state index in [1.165, 1.54) is 12.3 Å². The van der Waals surface area contributed by atoms with Crippen molar-refractivity contribution in [1.82, 2.24) is 4.98 Å². The molecule has 0 fully saturated rings. The van der Waals surface area contributed by atoms with Gasteiger partial charge in [0, 0.05) is 6.20 Å². The summed E-state index contributed by atoms with van der Waals surface area (Å²) in [5, 5.41) is 9.35. The Morgan fingerprint density at radius 1 is 1.29 bits per heavy atom. The van der Waals surface area contributed by atoms with Crippen molar-refractivity contribution >= 4 is 5.97 Å². The molecule has 1 N–H and O–H groups in total. The number of aromatic nitrogens is 1. The Morgan fingerprint density at radius 2 is 2.05 bits per heavy atom. The highest BCUT2D eigenvalue weighted by molar-refractivity contribution is 5.70. The van der Waals surface area contributed by atoms with E-state index in [-0.39, 0.29) is 6.42 Å². The molecule has 2 aromatic rings. The summed E-state index contributed by atoms with van der Waals surface area (Å²) in [6.45, 7) is 0. The van der Waals surface area contributed by atoms with E-state index in [0.29, 0.717) is 17.7 Å². The first kappa shape index (κ1) is 15.0. The molecule has 0 saturated carbocycles. The highest BCUT2D eigenvalue weighted by Crippen LogP contribution is 2.19. The lowest BCUT2D eigenvalue weighted by atomic mass is 9.93. The average Bonchev–Trinajstić information content (AvgIpc) is 2.47. The van der Waals surface area contributed by atoms with Crippen LogP contribution < -0.4 is 4.74 Å². The van der Waals surface area contributed by atoms with Crippen LogP contribution in [0, 0.1) is 11.7 Å². The fourth-order valence-electron chi connectivity index (χ4n) is 2.18. The normalized spacial score (nSPS) is 11.9. The van der Waals surface area contributed by atoms with Crippen LogP contribution >= 0.6 is 0 Å². The van der Waals surface area contributed by atoms with E-state index in [2.05, 4.69) is 4.98 Å². The first-order valence-electron chi connectivity index (χ1n) is 6.53. The summed E-state index contributed by atoms with van der Waals surface area (Å²) >= 11 is 0. The van der Waals surface area contributed by atoms with Crippen molar-refractivity contribution in [3.63, 3.8) is 0 Å². The highest BCUT2D eigenvalue weighted by atomic mass is 19.1. The van der Waals surface area contributed by atoms with Gasteiger partial charge in [-0.2, -0.15) is 0 Å². The van der Waals surface area contributed by atoms with Crippen molar-refractivity contribution in [1.29, 1.82) is 0 Å². The predicted molar refractivity (Wildman–Crippen MR) is 75.7 cm³/mol. The molecule has 5 heteroatoms. The first-order chi connectivity index (χ1) is 10.1. The van der Waals surface area contributed by atoms with E-state index >= 15 is 0 Å². The summed E-state index contributed by atoms with van der Waals surface area (Å²) in [6, 6.07) is 8.59. The summed E-state index contributed by atoms with van der Waals surface area (Å²) in [5.41, 5.74) is 1.44. The molecule has 0 bridgehead atoms. The molecule has 0 aliphatic rings. The number of carboxylic acid groups (broad SMARTS) is 1. The molecule has 0 spiro atoms. The zero-order valence-electron chi connectivity index (χ0n) is 11.6. The summed E-state index contributed by atoms with van der Waals surface area (Å²) in [6.07, 6.45) is 3.17. The lowest BCUT2D eigenvalue weighted by molar-refractivity contribution is -0.141. The molecule has 21 heavy (non-hydrogen) atoms. The second kappa shape index (κ2) is 6.83. The number of hydrogen-bond acceptors (Lipinski definition) is 3. The number of methoxy groups -OCH3 is 1. The molecular formula is C16H16FNO3. The maximum absolute atomic E-state index is 13.1. The van der Waals surface area contributed by atoms with Gasteiger partial charge in [0.25, 0.3) is 0 Å². The van der Waals surface area contributed by atoms with Crippen LogP contribution in [0.25, 0.3) is 0 Å². The van der Waals surface area contributed by atoms with Crippen LogP contribution in [0.5, 0.6) is 5.75 Å². The van der Waals surface area contributed by atoms with Crippen molar-refractivity contribution in [3.8, 4) is 5.75 Å².